The summed E-state index contributed by atoms with van der Waals surface area (Å²) in [4.78, 5) is 6.70. The molecule has 5 nitrogen and oxygen atoms in total. The minimum absolute atomic E-state index is 0.225. The lowest BCUT2D eigenvalue weighted by Crippen LogP contribution is -2.41. The minimum Gasteiger partial charge on any atom is -0.383 e. The van der Waals surface area contributed by atoms with Crippen LogP contribution < -0.4 is 10.6 Å². The lowest BCUT2D eigenvalue weighted by Gasteiger charge is -2.17. The maximum Gasteiger partial charge on any atom is 0.191 e. The van der Waals surface area contributed by atoms with Crippen LogP contribution in [0.4, 0.5) is 4.39 Å². The summed E-state index contributed by atoms with van der Waals surface area (Å²) in [5.41, 5.74) is 0.982. The van der Waals surface area contributed by atoms with E-state index >= 15 is 0 Å². The Morgan fingerprint density at radius 3 is 2.59 bits per heavy atom. The fraction of sp³-hybridized carbons (Fsp3) is 0.562. The van der Waals surface area contributed by atoms with Gasteiger partial charge in [0, 0.05) is 33.3 Å². The Labute approximate surface area is 132 Å². The van der Waals surface area contributed by atoms with Gasteiger partial charge in [0.2, 0.25) is 0 Å². The number of benzene rings is 1. The highest BCUT2D eigenvalue weighted by molar-refractivity contribution is 5.79. The smallest absolute Gasteiger partial charge is 0.191 e. The van der Waals surface area contributed by atoms with E-state index in [1.165, 1.54) is 12.1 Å². The van der Waals surface area contributed by atoms with Crippen molar-refractivity contribution in [1.82, 2.24) is 15.5 Å². The van der Waals surface area contributed by atoms with Crippen molar-refractivity contribution in [3.05, 3.63) is 35.6 Å². The van der Waals surface area contributed by atoms with E-state index in [9.17, 15) is 4.39 Å². The molecular weight excluding hydrogens is 283 g/mol. The molecule has 0 amide bonds. The molecule has 0 spiro atoms. The van der Waals surface area contributed by atoms with E-state index in [1.54, 1.807) is 19.2 Å². The molecule has 6 heteroatoms. The maximum atomic E-state index is 12.9. The third-order valence-electron chi connectivity index (χ3n) is 3.14. The second-order valence-corrected chi connectivity index (χ2v) is 5.04. The standard InChI is InChI=1S/C16H27FN4O/c1-4-18-16(19-9-10-21(2)11-12-22-3)20-13-14-5-7-15(17)8-6-14/h5-8H,4,9-13H2,1-3H3,(H2,18,19,20). The van der Waals surface area contributed by atoms with Crippen LogP contribution in [-0.4, -0.2) is 57.8 Å². The second kappa shape index (κ2) is 11.0. The van der Waals surface area contributed by atoms with E-state index in [0.29, 0.717) is 6.54 Å². The van der Waals surface area contributed by atoms with Gasteiger partial charge in [-0.1, -0.05) is 12.1 Å². The molecule has 0 unspecified atom stereocenters. The van der Waals surface area contributed by atoms with Crippen LogP contribution in [0, 0.1) is 5.82 Å². The van der Waals surface area contributed by atoms with Crippen LogP contribution in [0.5, 0.6) is 0 Å². The van der Waals surface area contributed by atoms with E-state index in [-0.39, 0.29) is 5.82 Å². The molecule has 1 aromatic carbocycles. The lowest BCUT2D eigenvalue weighted by molar-refractivity contribution is 0.162. The molecule has 0 aromatic heterocycles. The quantitative estimate of drug-likeness (QED) is 0.535. The predicted octanol–water partition coefficient (Wildman–Crippen LogP) is 1.46. The largest absolute Gasteiger partial charge is 0.383 e. The van der Waals surface area contributed by atoms with Crippen LogP contribution in [0.15, 0.2) is 29.3 Å². The SMILES string of the molecule is CCNC(=NCc1ccc(F)cc1)NCCN(C)CCOC. The normalized spacial score (nSPS) is 11.8. The molecule has 0 bridgehead atoms. The third kappa shape index (κ3) is 7.95. The number of nitrogens with one attached hydrogen (secondary N) is 2. The summed E-state index contributed by atoms with van der Waals surface area (Å²) in [7, 11) is 3.76. The second-order valence-electron chi connectivity index (χ2n) is 5.04. The molecule has 124 valence electrons. The third-order valence-corrected chi connectivity index (χ3v) is 3.14. The summed E-state index contributed by atoms with van der Waals surface area (Å²) in [6, 6.07) is 6.41. The number of aliphatic imine (C=N–C) groups is 1. The molecule has 0 aliphatic carbocycles. The van der Waals surface area contributed by atoms with Crippen molar-refractivity contribution in [2.24, 2.45) is 4.99 Å². The summed E-state index contributed by atoms with van der Waals surface area (Å²) in [6.07, 6.45) is 0. The summed E-state index contributed by atoms with van der Waals surface area (Å²) < 4.78 is 17.9. The van der Waals surface area contributed by atoms with Crippen LogP contribution in [0.3, 0.4) is 0 Å². The molecule has 0 aliphatic rings. The van der Waals surface area contributed by atoms with E-state index < -0.39 is 0 Å². The van der Waals surface area contributed by atoms with Crippen molar-refractivity contribution >= 4 is 5.96 Å². The highest BCUT2D eigenvalue weighted by atomic mass is 19.1. The molecule has 22 heavy (non-hydrogen) atoms. The fourth-order valence-corrected chi connectivity index (χ4v) is 1.83. The first-order chi connectivity index (χ1) is 10.7. The Morgan fingerprint density at radius 1 is 1.23 bits per heavy atom. The Kier molecular flexibility index (Phi) is 9.18. The van der Waals surface area contributed by atoms with Gasteiger partial charge in [0.15, 0.2) is 5.96 Å². The van der Waals surface area contributed by atoms with Crippen LogP contribution in [0.25, 0.3) is 0 Å². The summed E-state index contributed by atoms with van der Waals surface area (Å²) in [5.74, 6) is 0.545. The van der Waals surface area contributed by atoms with Crippen LogP contribution in [0.1, 0.15) is 12.5 Å². The zero-order valence-corrected chi connectivity index (χ0v) is 13.7. The first kappa shape index (κ1) is 18.4. The van der Waals surface area contributed by atoms with Crippen molar-refractivity contribution in [2.75, 3.05) is 46.9 Å². The van der Waals surface area contributed by atoms with Gasteiger partial charge in [-0.3, -0.25) is 0 Å². The Hall–Kier alpha value is -1.66. The van der Waals surface area contributed by atoms with Gasteiger partial charge in [0.1, 0.15) is 5.82 Å². The number of hydrogen-bond donors (Lipinski definition) is 2. The first-order valence-corrected chi connectivity index (χ1v) is 7.59. The van der Waals surface area contributed by atoms with Crippen molar-refractivity contribution in [3.63, 3.8) is 0 Å². The van der Waals surface area contributed by atoms with Gasteiger partial charge in [-0.2, -0.15) is 0 Å². The van der Waals surface area contributed by atoms with Gasteiger partial charge < -0.3 is 20.3 Å². The number of nitrogens with zero attached hydrogens (tertiary/aromatic N) is 2. The molecule has 0 saturated carbocycles. The van der Waals surface area contributed by atoms with Crippen molar-refractivity contribution in [3.8, 4) is 0 Å². The topological polar surface area (TPSA) is 48.9 Å². The number of ether oxygens (including phenoxy) is 1. The first-order valence-electron chi connectivity index (χ1n) is 7.59. The minimum atomic E-state index is -0.225. The summed E-state index contributed by atoms with van der Waals surface area (Å²) in [6.45, 7) is 6.69. The number of rotatable bonds is 9. The molecule has 1 aromatic rings. The van der Waals surface area contributed by atoms with E-state index in [1.807, 2.05) is 6.92 Å². The monoisotopic (exact) mass is 310 g/mol. The van der Waals surface area contributed by atoms with Crippen molar-refractivity contribution in [1.29, 1.82) is 0 Å². The van der Waals surface area contributed by atoms with Gasteiger partial charge in [-0.15, -0.1) is 0 Å². The Bertz CT molecular complexity index is 436. The molecule has 0 atom stereocenters. The fourth-order valence-electron chi connectivity index (χ4n) is 1.83. The van der Waals surface area contributed by atoms with Crippen molar-refractivity contribution < 1.29 is 9.13 Å². The number of methoxy groups -OCH3 is 1. The van der Waals surface area contributed by atoms with Gasteiger partial charge >= 0.3 is 0 Å². The number of halogens is 1. The zero-order chi connectivity index (χ0) is 16.2. The maximum absolute atomic E-state index is 12.9. The average Bonchev–Trinajstić information content (AvgIpc) is 2.52. The van der Waals surface area contributed by atoms with E-state index in [0.717, 1.165) is 44.3 Å². The highest BCUT2D eigenvalue weighted by Crippen LogP contribution is 2.03. The molecular formula is C16H27FN4O. The van der Waals surface area contributed by atoms with Crippen LogP contribution >= 0.6 is 0 Å². The molecule has 0 radical (unpaired) electrons. The number of likely N-dealkylation sites (N-methyl/N-ethyl adjacent to an activating group) is 1. The zero-order valence-electron chi connectivity index (χ0n) is 13.7. The average molecular weight is 310 g/mol. The molecule has 1 rings (SSSR count). The van der Waals surface area contributed by atoms with Gasteiger partial charge in [0.05, 0.1) is 13.2 Å². The molecule has 0 aliphatic heterocycles. The number of hydrogen-bond acceptors (Lipinski definition) is 3. The van der Waals surface area contributed by atoms with Gasteiger partial charge in [0.25, 0.3) is 0 Å². The highest BCUT2D eigenvalue weighted by Gasteiger charge is 2.00. The lowest BCUT2D eigenvalue weighted by atomic mass is 10.2. The van der Waals surface area contributed by atoms with E-state index in [2.05, 4.69) is 27.6 Å². The van der Waals surface area contributed by atoms with Gasteiger partial charge in [-0.05, 0) is 31.7 Å². The summed E-state index contributed by atoms with van der Waals surface area (Å²) >= 11 is 0. The molecule has 0 fully saturated rings. The van der Waals surface area contributed by atoms with Crippen LogP contribution in [0.2, 0.25) is 0 Å². The molecule has 2 N–H and O–H groups in total. The number of guanidine groups is 1. The molecule has 0 heterocycles. The van der Waals surface area contributed by atoms with Gasteiger partial charge in [-0.25, -0.2) is 9.38 Å². The predicted molar refractivity (Wildman–Crippen MR) is 88.6 cm³/mol. The Balaban J connectivity index is 2.40. The van der Waals surface area contributed by atoms with Crippen molar-refractivity contribution in [2.45, 2.75) is 13.5 Å². The van der Waals surface area contributed by atoms with E-state index in [4.69, 9.17) is 4.74 Å². The molecule has 0 saturated heterocycles. The summed E-state index contributed by atoms with van der Waals surface area (Å²) in [5, 5.41) is 6.49. The van der Waals surface area contributed by atoms with Crippen LogP contribution in [-0.2, 0) is 11.3 Å². The Morgan fingerprint density at radius 2 is 1.95 bits per heavy atom.